The van der Waals surface area contributed by atoms with Gasteiger partial charge in [0.2, 0.25) is 11.9 Å². The molecule has 0 unspecified atom stereocenters. The maximum atomic E-state index is 12.5. The van der Waals surface area contributed by atoms with Gasteiger partial charge in [0, 0.05) is 12.7 Å². The highest BCUT2D eigenvalue weighted by atomic mass is 32.2. The van der Waals surface area contributed by atoms with E-state index in [4.69, 9.17) is 5.73 Å². The van der Waals surface area contributed by atoms with Crippen molar-refractivity contribution in [2.45, 2.75) is 17.7 Å². The first-order valence-corrected chi connectivity index (χ1v) is 10.0. The fourth-order valence-electron chi connectivity index (χ4n) is 2.25. The Labute approximate surface area is 155 Å². The van der Waals surface area contributed by atoms with Crippen LogP contribution in [-0.4, -0.2) is 34.7 Å². The van der Waals surface area contributed by atoms with E-state index < -0.39 is 10.0 Å². The maximum absolute atomic E-state index is 12.5. The second-order valence-electron chi connectivity index (χ2n) is 5.57. The Morgan fingerprint density at radius 3 is 2.62 bits per heavy atom. The van der Waals surface area contributed by atoms with Crippen molar-refractivity contribution < 1.29 is 8.42 Å². The molecule has 8 nitrogen and oxygen atoms in total. The minimum atomic E-state index is -3.59. The van der Waals surface area contributed by atoms with Crippen molar-refractivity contribution in [3.63, 3.8) is 0 Å². The zero-order chi connectivity index (χ0) is 18.7. The molecule has 1 aromatic carbocycles. The molecular formula is C16H18N6O2S2. The SMILES string of the molecule is Cc1ccccc1Nc1nc(N)nc(CN(C)S(=O)(=O)c2cccs2)n1. The number of aryl methyl sites for hydroxylation is 1. The van der Waals surface area contributed by atoms with Gasteiger partial charge in [0.05, 0.1) is 6.54 Å². The zero-order valence-electron chi connectivity index (χ0n) is 14.2. The molecule has 0 spiro atoms. The molecule has 0 atom stereocenters. The van der Waals surface area contributed by atoms with Gasteiger partial charge in [0.25, 0.3) is 10.0 Å². The lowest BCUT2D eigenvalue weighted by molar-refractivity contribution is 0.458. The number of benzene rings is 1. The third kappa shape index (κ3) is 3.98. The van der Waals surface area contributed by atoms with Crippen molar-refractivity contribution in [2.75, 3.05) is 18.1 Å². The number of rotatable bonds is 6. The molecule has 0 saturated heterocycles. The summed E-state index contributed by atoms with van der Waals surface area (Å²) in [6.07, 6.45) is 0. The Kier molecular flexibility index (Phi) is 5.16. The van der Waals surface area contributed by atoms with Gasteiger partial charge in [-0.2, -0.15) is 19.3 Å². The number of nitrogens with one attached hydrogen (secondary N) is 1. The second-order valence-corrected chi connectivity index (χ2v) is 8.79. The van der Waals surface area contributed by atoms with Crippen LogP contribution in [0.25, 0.3) is 0 Å². The van der Waals surface area contributed by atoms with Crippen LogP contribution in [0, 0.1) is 6.92 Å². The quantitative estimate of drug-likeness (QED) is 0.664. The van der Waals surface area contributed by atoms with Crippen LogP contribution in [0.1, 0.15) is 11.4 Å². The van der Waals surface area contributed by atoms with Crippen LogP contribution in [0.5, 0.6) is 0 Å². The summed E-state index contributed by atoms with van der Waals surface area (Å²) in [6.45, 7) is 1.94. The normalized spacial score (nSPS) is 11.7. The van der Waals surface area contributed by atoms with Gasteiger partial charge in [-0.1, -0.05) is 24.3 Å². The van der Waals surface area contributed by atoms with Gasteiger partial charge in [0.15, 0.2) is 5.82 Å². The predicted octanol–water partition coefficient (Wildman–Crippen LogP) is 2.39. The molecule has 2 heterocycles. The maximum Gasteiger partial charge on any atom is 0.252 e. The molecule has 3 aromatic rings. The monoisotopic (exact) mass is 390 g/mol. The van der Waals surface area contributed by atoms with Crippen molar-refractivity contribution >= 4 is 38.9 Å². The van der Waals surface area contributed by atoms with Gasteiger partial charge < -0.3 is 11.1 Å². The second kappa shape index (κ2) is 7.36. The number of anilines is 3. The van der Waals surface area contributed by atoms with Crippen LogP contribution in [0.4, 0.5) is 17.6 Å². The van der Waals surface area contributed by atoms with E-state index in [9.17, 15) is 8.42 Å². The molecule has 2 aromatic heterocycles. The minimum Gasteiger partial charge on any atom is -0.368 e. The molecule has 26 heavy (non-hydrogen) atoms. The molecule has 0 saturated carbocycles. The summed E-state index contributed by atoms with van der Waals surface area (Å²) in [5, 5.41) is 4.80. The van der Waals surface area contributed by atoms with Crippen LogP contribution in [0.15, 0.2) is 46.0 Å². The molecule has 0 aliphatic heterocycles. The van der Waals surface area contributed by atoms with Gasteiger partial charge in [-0.25, -0.2) is 8.42 Å². The van der Waals surface area contributed by atoms with Crippen molar-refractivity contribution in [1.82, 2.24) is 19.3 Å². The van der Waals surface area contributed by atoms with Crippen molar-refractivity contribution in [3.8, 4) is 0 Å². The molecule has 0 bridgehead atoms. The lowest BCUT2D eigenvalue weighted by Gasteiger charge is -2.16. The lowest BCUT2D eigenvalue weighted by Crippen LogP contribution is -2.27. The molecule has 0 fully saturated rings. The molecule has 136 valence electrons. The average molecular weight is 390 g/mol. The van der Waals surface area contributed by atoms with Crippen LogP contribution < -0.4 is 11.1 Å². The topological polar surface area (TPSA) is 114 Å². The fraction of sp³-hybridized carbons (Fsp3) is 0.188. The minimum absolute atomic E-state index is 0.0184. The summed E-state index contributed by atoms with van der Waals surface area (Å²) in [5.74, 6) is 0.549. The molecule has 3 N–H and O–H groups in total. The first kappa shape index (κ1) is 18.2. The van der Waals surface area contributed by atoms with Crippen LogP contribution in [0.3, 0.4) is 0 Å². The van der Waals surface area contributed by atoms with E-state index in [0.717, 1.165) is 22.6 Å². The highest BCUT2D eigenvalue weighted by molar-refractivity contribution is 7.91. The zero-order valence-corrected chi connectivity index (χ0v) is 15.9. The number of hydrogen-bond donors (Lipinski definition) is 2. The van der Waals surface area contributed by atoms with Gasteiger partial charge in [-0.15, -0.1) is 11.3 Å². The Hall–Kier alpha value is -2.56. The third-order valence-electron chi connectivity index (χ3n) is 3.61. The average Bonchev–Trinajstić information content (AvgIpc) is 3.12. The fourth-order valence-corrected chi connectivity index (χ4v) is 4.57. The molecule has 0 aliphatic rings. The summed E-state index contributed by atoms with van der Waals surface area (Å²) in [6, 6.07) is 10.9. The predicted molar refractivity (Wildman–Crippen MR) is 102 cm³/mol. The largest absolute Gasteiger partial charge is 0.368 e. The Balaban J connectivity index is 1.83. The summed E-state index contributed by atoms with van der Waals surface area (Å²) in [5.41, 5.74) is 7.62. The number of para-hydroxylation sites is 1. The van der Waals surface area contributed by atoms with E-state index in [1.807, 2.05) is 31.2 Å². The summed E-state index contributed by atoms with van der Waals surface area (Å²) < 4.78 is 26.5. The van der Waals surface area contributed by atoms with Crippen molar-refractivity contribution in [3.05, 3.63) is 53.2 Å². The van der Waals surface area contributed by atoms with Crippen LogP contribution in [0.2, 0.25) is 0 Å². The third-order valence-corrected chi connectivity index (χ3v) is 6.79. The number of nitrogens with zero attached hydrogens (tertiary/aromatic N) is 4. The van der Waals surface area contributed by atoms with Crippen LogP contribution >= 0.6 is 11.3 Å². The Morgan fingerprint density at radius 2 is 1.92 bits per heavy atom. The summed E-state index contributed by atoms with van der Waals surface area (Å²) in [7, 11) is -2.12. The number of aromatic nitrogens is 3. The van der Waals surface area contributed by atoms with Crippen molar-refractivity contribution in [1.29, 1.82) is 0 Å². The van der Waals surface area contributed by atoms with Gasteiger partial charge in [-0.3, -0.25) is 0 Å². The van der Waals surface area contributed by atoms with Gasteiger partial charge in [-0.05, 0) is 30.0 Å². The molecule has 3 rings (SSSR count). The first-order chi connectivity index (χ1) is 12.4. The Bertz CT molecular complexity index is 1010. The molecule has 0 amide bonds. The summed E-state index contributed by atoms with van der Waals surface area (Å²) in [4.78, 5) is 12.4. The lowest BCUT2D eigenvalue weighted by atomic mass is 10.2. The van der Waals surface area contributed by atoms with E-state index in [1.165, 1.54) is 11.4 Å². The van der Waals surface area contributed by atoms with E-state index in [-0.39, 0.29) is 28.5 Å². The number of hydrogen-bond acceptors (Lipinski definition) is 8. The van der Waals surface area contributed by atoms with E-state index >= 15 is 0 Å². The standard InChI is InChI=1S/C16H18N6O2S2/c1-11-6-3-4-7-12(11)18-16-20-13(19-15(17)21-16)10-22(2)26(23,24)14-8-5-9-25-14/h3-9H,10H2,1-2H3,(H3,17,18,19,20,21). The number of thiophene rings is 1. The Morgan fingerprint density at radius 1 is 1.15 bits per heavy atom. The molecule has 10 heteroatoms. The van der Waals surface area contributed by atoms with Crippen LogP contribution in [-0.2, 0) is 16.6 Å². The van der Waals surface area contributed by atoms with Crippen molar-refractivity contribution in [2.24, 2.45) is 0 Å². The number of sulfonamides is 1. The number of nitrogens with two attached hydrogens (primary N) is 1. The molecule has 0 radical (unpaired) electrons. The van der Waals surface area contributed by atoms with E-state index in [1.54, 1.807) is 17.5 Å². The van der Waals surface area contributed by atoms with Gasteiger partial charge >= 0.3 is 0 Å². The van der Waals surface area contributed by atoms with E-state index in [0.29, 0.717) is 0 Å². The number of nitrogen functional groups attached to an aromatic ring is 1. The highest BCUT2D eigenvalue weighted by Crippen LogP contribution is 2.22. The smallest absolute Gasteiger partial charge is 0.252 e. The van der Waals surface area contributed by atoms with Gasteiger partial charge in [0.1, 0.15) is 4.21 Å². The highest BCUT2D eigenvalue weighted by Gasteiger charge is 2.23. The molecular weight excluding hydrogens is 372 g/mol. The van der Waals surface area contributed by atoms with E-state index in [2.05, 4.69) is 20.3 Å². The first-order valence-electron chi connectivity index (χ1n) is 7.69. The molecule has 0 aliphatic carbocycles. The summed E-state index contributed by atoms with van der Waals surface area (Å²) >= 11 is 1.16.